The smallest absolute Gasteiger partial charge is 0.255 e. The van der Waals surface area contributed by atoms with Gasteiger partial charge in [-0.1, -0.05) is 32.4 Å². The Hall–Kier alpha value is -2.73. The molecule has 0 aliphatic heterocycles. The number of hydrogen-bond acceptors (Lipinski definition) is 4. The Morgan fingerprint density at radius 3 is 2.17 bits per heavy atom. The number of halogens is 1. The molecule has 2 aromatic carbocycles. The molecule has 7 heteroatoms. The van der Waals surface area contributed by atoms with Gasteiger partial charge < -0.3 is 20.1 Å². The molecule has 0 aromatic heterocycles. The lowest BCUT2D eigenvalue weighted by Gasteiger charge is -2.15. The quantitative estimate of drug-likeness (QED) is 0.573. The van der Waals surface area contributed by atoms with Crippen LogP contribution in [-0.2, 0) is 4.79 Å². The van der Waals surface area contributed by atoms with Crippen molar-refractivity contribution in [1.29, 1.82) is 0 Å². The molecule has 2 aromatic rings. The first-order valence-electron chi connectivity index (χ1n) is 9.67. The minimum atomic E-state index is -0.325. The average Bonchev–Trinajstić information content (AvgIpc) is 2.68. The third kappa shape index (κ3) is 6.39. The molecule has 156 valence electrons. The molecule has 0 spiro atoms. The van der Waals surface area contributed by atoms with Crippen LogP contribution in [0.25, 0.3) is 0 Å². The summed E-state index contributed by atoms with van der Waals surface area (Å²) in [6, 6.07) is 10.1. The van der Waals surface area contributed by atoms with E-state index in [4.69, 9.17) is 21.1 Å². The van der Waals surface area contributed by atoms with E-state index in [0.717, 1.165) is 6.42 Å². The van der Waals surface area contributed by atoms with Crippen molar-refractivity contribution < 1.29 is 19.1 Å². The molecular weight excluding hydrogens is 392 g/mol. The number of hydrogen-bond donors (Lipinski definition) is 2. The summed E-state index contributed by atoms with van der Waals surface area (Å²) in [5.74, 6) is 0.379. The molecule has 2 N–H and O–H groups in total. The van der Waals surface area contributed by atoms with Crippen LogP contribution >= 0.6 is 11.6 Å². The molecule has 0 radical (unpaired) electrons. The van der Waals surface area contributed by atoms with Crippen molar-refractivity contribution in [2.45, 2.75) is 34.1 Å². The number of anilines is 2. The standard InChI is InChI=1S/C22H27ClN2O4/c1-5-11-29-20-18(23)12-15(13-19(20)28-6-2)22(27)25-17-9-7-16(8-10-17)24-21(26)14(3)4/h7-10,12-14H,5-6,11H2,1-4H3,(H,24,26)(H,25,27). The number of nitrogens with one attached hydrogen (secondary N) is 2. The fourth-order valence-electron chi connectivity index (χ4n) is 2.43. The number of carbonyl (C=O) groups excluding carboxylic acids is 2. The number of ether oxygens (including phenoxy) is 2. The molecule has 0 atom stereocenters. The van der Waals surface area contributed by atoms with E-state index in [1.807, 2.05) is 27.7 Å². The Balaban J connectivity index is 2.14. The molecule has 0 aliphatic carbocycles. The SMILES string of the molecule is CCCOc1c(Cl)cc(C(=O)Nc2ccc(NC(=O)C(C)C)cc2)cc1OCC. The molecule has 0 fully saturated rings. The van der Waals surface area contributed by atoms with E-state index in [2.05, 4.69) is 10.6 Å². The van der Waals surface area contributed by atoms with Gasteiger partial charge in [0, 0.05) is 22.9 Å². The second kappa shape index (κ2) is 10.7. The van der Waals surface area contributed by atoms with Gasteiger partial charge in [0.25, 0.3) is 5.91 Å². The molecule has 6 nitrogen and oxygen atoms in total. The highest BCUT2D eigenvalue weighted by atomic mass is 35.5. The molecule has 0 saturated carbocycles. The van der Waals surface area contributed by atoms with Crippen molar-refractivity contribution in [1.82, 2.24) is 0 Å². The van der Waals surface area contributed by atoms with Crippen molar-refractivity contribution in [2.75, 3.05) is 23.8 Å². The van der Waals surface area contributed by atoms with Crippen LogP contribution in [0.2, 0.25) is 5.02 Å². The third-order valence-electron chi connectivity index (χ3n) is 3.96. The highest BCUT2D eigenvalue weighted by Gasteiger charge is 2.16. The average molecular weight is 419 g/mol. The van der Waals surface area contributed by atoms with Crippen LogP contribution in [0, 0.1) is 5.92 Å². The maximum absolute atomic E-state index is 12.7. The van der Waals surface area contributed by atoms with Gasteiger partial charge in [-0.3, -0.25) is 9.59 Å². The summed E-state index contributed by atoms with van der Waals surface area (Å²) in [6.45, 7) is 8.42. The second-order valence-corrected chi connectivity index (χ2v) is 7.15. The van der Waals surface area contributed by atoms with Crippen molar-refractivity contribution in [2.24, 2.45) is 5.92 Å². The lowest BCUT2D eigenvalue weighted by molar-refractivity contribution is -0.118. The van der Waals surface area contributed by atoms with Gasteiger partial charge in [0.15, 0.2) is 11.5 Å². The molecule has 0 unspecified atom stereocenters. The Morgan fingerprint density at radius 1 is 1.00 bits per heavy atom. The summed E-state index contributed by atoms with van der Waals surface area (Å²) in [4.78, 5) is 24.4. The molecular formula is C22H27ClN2O4. The molecule has 2 amide bonds. The van der Waals surface area contributed by atoms with E-state index in [1.165, 1.54) is 0 Å². The zero-order valence-corrected chi connectivity index (χ0v) is 17.9. The normalized spacial score (nSPS) is 10.6. The minimum Gasteiger partial charge on any atom is -0.490 e. The summed E-state index contributed by atoms with van der Waals surface area (Å²) in [6.07, 6.45) is 0.831. The molecule has 0 bridgehead atoms. The van der Waals surface area contributed by atoms with Crippen LogP contribution in [0.3, 0.4) is 0 Å². The predicted molar refractivity (Wildman–Crippen MR) is 116 cm³/mol. The fraction of sp³-hybridized carbons (Fsp3) is 0.364. The first-order chi connectivity index (χ1) is 13.8. The van der Waals surface area contributed by atoms with Crippen LogP contribution in [0.15, 0.2) is 36.4 Å². The van der Waals surface area contributed by atoms with Gasteiger partial charge in [-0.25, -0.2) is 0 Å². The summed E-state index contributed by atoms with van der Waals surface area (Å²) in [7, 11) is 0. The van der Waals surface area contributed by atoms with Crippen molar-refractivity contribution in [3.8, 4) is 11.5 Å². The van der Waals surface area contributed by atoms with Gasteiger partial charge in [-0.05, 0) is 49.7 Å². The number of rotatable bonds is 9. The maximum Gasteiger partial charge on any atom is 0.255 e. The highest BCUT2D eigenvalue weighted by molar-refractivity contribution is 6.32. The number of benzene rings is 2. The first-order valence-corrected chi connectivity index (χ1v) is 10.0. The highest BCUT2D eigenvalue weighted by Crippen LogP contribution is 2.37. The fourth-order valence-corrected chi connectivity index (χ4v) is 2.70. The summed E-state index contributed by atoms with van der Waals surface area (Å²) >= 11 is 6.32. The topological polar surface area (TPSA) is 76.7 Å². The molecule has 0 saturated heterocycles. The second-order valence-electron chi connectivity index (χ2n) is 6.74. The van der Waals surface area contributed by atoms with E-state index < -0.39 is 0 Å². The van der Waals surface area contributed by atoms with E-state index in [9.17, 15) is 9.59 Å². The monoisotopic (exact) mass is 418 g/mol. The van der Waals surface area contributed by atoms with Crippen LogP contribution in [0.1, 0.15) is 44.5 Å². The molecule has 29 heavy (non-hydrogen) atoms. The summed E-state index contributed by atoms with van der Waals surface area (Å²) in [5, 5.41) is 5.94. The molecule has 2 rings (SSSR count). The van der Waals surface area contributed by atoms with Crippen molar-refractivity contribution >= 4 is 34.8 Å². The largest absolute Gasteiger partial charge is 0.490 e. The minimum absolute atomic E-state index is 0.0646. The van der Waals surface area contributed by atoms with E-state index in [1.54, 1.807) is 36.4 Å². The zero-order chi connectivity index (χ0) is 21.4. The van der Waals surface area contributed by atoms with Crippen LogP contribution in [0.5, 0.6) is 11.5 Å². The van der Waals surface area contributed by atoms with Crippen molar-refractivity contribution in [3.63, 3.8) is 0 Å². The van der Waals surface area contributed by atoms with Gasteiger partial charge in [0.2, 0.25) is 5.91 Å². The summed E-state index contributed by atoms with van der Waals surface area (Å²) < 4.78 is 11.3. The molecule has 0 heterocycles. The lowest BCUT2D eigenvalue weighted by atomic mass is 10.1. The maximum atomic E-state index is 12.7. The number of carbonyl (C=O) groups is 2. The van der Waals surface area contributed by atoms with E-state index >= 15 is 0 Å². The first kappa shape index (κ1) is 22.6. The lowest BCUT2D eigenvalue weighted by Crippen LogP contribution is -2.17. The Kier molecular flexibility index (Phi) is 8.34. The van der Waals surface area contributed by atoms with Gasteiger partial charge in [0.05, 0.1) is 18.2 Å². The van der Waals surface area contributed by atoms with Gasteiger partial charge in [0.1, 0.15) is 0 Å². The summed E-state index contributed by atoms with van der Waals surface area (Å²) in [5.41, 5.74) is 1.62. The van der Waals surface area contributed by atoms with Gasteiger partial charge >= 0.3 is 0 Å². The Morgan fingerprint density at radius 2 is 1.62 bits per heavy atom. The Bertz CT molecular complexity index is 851. The van der Waals surface area contributed by atoms with Crippen LogP contribution < -0.4 is 20.1 Å². The Labute approximate surface area is 176 Å². The number of amides is 2. The predicted octanol–water partition coefficient (Wildman–Crippen LogP) is 5.37. The van der Waals surface area contributed by atoms with Crippen molar-refractivity contribution in [3.05, 3.63) is 47.0 Å². The molecule has 0 aliphatic rings. The van der Waals surface area contributed by atoms with Crippen LogP contribution in [-0.4, -0.2) is 25.0 Å². The zero-order valence-electron chi connectivity index (χ0n) is 17.2. The third-order valence-corrected chi connectivity index (χ3v) is 4.24. The van der Waals surface area contributed by atoms with Gasteiger partial charge in [-0.15, -0.1) is 0 Å². The van der Waals surface area contributed by atoms with Crippen LogP contribution in [0.4, 0.5) is 11.4 Å². The van der Waals surface area contributed by atoms with E-state index in [-0.39, 0.29) is 17.7 Å². The van der Waals surface area contributed by atoms with E-state index in [0.29, 0.717) is 46.7 Å². The van der Waals surface area contributed by atoms with Gasteiger partial charge in [-0.2, -0.15) is 0 Å².